The SMILES string of the molecule is CCCCn1c(-c2ccccc2)nc(-c2ccccc2)c1CNC. The van der Waals surface area contributed by atoms with Crippen LogP contribution in [0.15, 0.2) is 60.7 Å². The van der Waals surface area contributed by atoms with E-state index in [0.717, 1.165) is 31.0 Å². The molecule has 1 N–H and O–H groups in total. The third-order valence-electron chi connectivity index (χ3n) is 4.23. The number of imidazole rings is 1. The molecule has 1 aromatic heterocycles. The van der Waals surface area contributed by atoms with Gasteiger partial charge < -0.3 is 9.88 Å². The van der Waals surface area contributed by atoms with E-state index in [2.05, 4.69) is 71.4 Å². The lowest BCUT2D eigenvalue weighted by atomic mass is 10.1. The molecule has 0 fully saturated rings. The second kappa shape index (κ2) is 7.93. The molecule has 0 bridgehead atoms. The van der Waals surface area contributed by atoms with E-state index in [-0.39, 0.29) is 0 Å². The summed E-state index contributed by atoms with van der Waals surface area (Å²) in [6.45, 7) is 4.04. The van der Waals surface area contributed by atoms with Crippen LogP contribution in [0.3, 0.4) is 0 Å². The molecule has 0 unspecified atom stereocenters. The van der Waals surface area contributed by atoms with Gasteiger partial charge in [0.05, 0.1) is 11.4 Å². The summed E-state index contributed by atoms with van der Waals surface area (Å²) in [5.41, 5.74) is 4.69. The van der Waals surface area contributed by atoms with Crippen molar-refractivity contribution in [3.63, 3.8) is 0 Å². The standard InChI is InChI=1S/C21H25N3/c1-3-4-15-24-19(16-22-2)20(17-11-7-5-8-12-17)23-21(24)18-13-9-6-10-14-18/h5-14,22H,3-4,15-16H2,1-2H3. The molecule has 0 saturated heterocycles. The maximum Gasteiger partial charge on any atom is 0.140 e. The van der Waals surface area contributed by atoms with E-state index in [4.69, 9.17) is 4.98 Å². The summed E-state index contributed by atoms with van der Waals surface area (Å²) >= 11 is 0. The van der Waals surface area contributed by atoms with Gasteiger partial charge in [-0.2, -0.15) is 0 Å². The summed E-state index contributed by atoms with van der Waals surface area (Å²) in [6.07, 6.45) is 2.33. The fourth-order valence-electron chi connectivity index (χ4n) is 3.02. The van der Waals surface area contributed by atoms with Crippen LogP contribution in [0.1, 0.15) is 25.5 Å². The Bertz CT molecular complexity index is 761. The molecule has 3 aromatic rings. The highest BCUT2D eigenvalue weighted by atomic mass is 15.1. The Balaban J connectivity index is 2.17. The van der Waals surface area contributed by atoms with Crippen molar-refractivity contribution in [3.05, 3.63) is 66.4 Å². The van der Waals surface area contributed by atoms with Gasteiger partial charge >= 0.3 is 0 Å². The third-order valence-corrected chi connectivity index (χ3v) is 4.23. The van der Waals surface area contributed by atoms with Crippen LogP contribution in [0, 0.1) is 0 Å². The van der Waals surface area contributed by atoms with E-state index in [0.29, 0.717) is 0 Å². The van der Waals surface area contributed by atoms with Gasteiger partial charge in [0.1, 0.15) is 5.82 Å². The van der Waals surface area contributed by atoms with Crippen LogP contribution in [0.25, 0.3) is 22.6 Å². The van der Waals surface area contributed by atoms with E-state index in [9.17, 15) is 0 Å². The lowest BCUT2D eigenvalue weighted by molar-refractivity contribution is 0.601. The minimum atomic E-state index is 0.813. The largest absolute Gasteiger partial charge is 0.326 e. The molecular formula is C21H25N3. The molecule has 0 saturated carbocycles. The number of hydrogen-bond acceptors (Lipinski definition) is 2. The second-order valence-corrected chi connectivity index (χ2v) is 6.00. The molecular weight excluding hydrogens is 294 g/mol. The quantitative estimate of drug-likeness (QED) is 0.682. The molecule has 0 amide bonds. The molecule has 3 rings (SSSR count). The maximum atomic E-state index is 5.05. The number of benzene rings is 2. The van der Waals surface area contributed by atoms with Crippen LogP contribution in [-0.2, 0) is 13.1 Å². The summed E-state index contributed by atoms with van der Waals surface area (Å²) < 4.78 is 2.39. The zero-order valence-corrected chi connectivity index (χ0v) is 14.5. The highest BCUT2D eigenvalue weighted by Gasteiger charge is 2.18. The number of rotatable bonds is 7. The fourth-order valence-corrected chi connectivity index (χ4v) is 3.02. The third kappa shape index (κ3) is 3.41. The van der Waals surface area contributed by atoms with Crippen LogP contribution in [0.4, 0.5) is 0 Å². The van der Waals surface area contributed by atoms with Crippen LogP contribution in [-0.4, -0.2) is 16.6 Å². The van der Waals surface area contributed by atoms with E-state index in [1.807, 2.05) is 13.1 Å². The summed E-state index contributed by atoms with van der Waals surface area (Å²) in [6, 6.07) is 21.0. The van der Waals surface area contributed by atoms with Gasteiger partial charge in [0.25, 0.3) is 0 Å². The van der Waals surface area contributed by atoms with Crippen LogP contribution >= 0.6 is 0 Å². The van der Waals surface area contributed by atoms with Crippen molar-refractivity contribution in [1.82, 2.24) is 14.9 Å². The lowest BCUT2D eigenvalue weighted by Crippen LogP contribution is -2.13. The van der Waals surface area contributed by atoms with Crippen molar-refractivity contribution in [1.29, 1.82) is 0 Å². The first-order valence-corrected chi connectivity index (χ1v) is 8.70. The first-order chi connectivity index (χ1) is 11.8. The number of unbranched alkanes of at least 4 members (excludes halogenated alkanes) is 1. The van der Waals surface area contributed by atoms with Gasteiger partial charge in [-0.05, 0) is 13.5 Å². The topological polar surface area (TPSA) is 29.9 Å². The van der Waals surface area contributed by atoms with Gasteiger partial charge in [0.2, 0.25) is 0 Å². The van der Waals surface area contributed by atoms with Crippen molar-refractivity contribution in [2.45, 2.75) is 32.9 Å². The van der Waals surface area contributed by atoms with Crippen LogP contribution < -0.4 is 5.32 Å². The minimum absolute atomic E-state index is 0.813. The summed E-state index contributed by atoms with van der Waals surface area (Å²) in [5.74, 6) is 1.06. The Morgan fingerprint density at radius 3 is 2.12 bits per heavy atom. The Morgan fingerprint density at radius 2 is 1.54 bits per heavy atom. The first kappa shape index (κ1) is 16.5. The fraction of sp³-hybridized carbons (Fsp3) is 0.286. The normalized spacial score (nSPS) is 10.9. The molecule has 124 valence electrons. The zero-order valence-electron chi connectivity index (χ0n) is 14.5. The van der Waals surface area contributed by atoms with Crippen LogP contribution in [0.5, 0.6) is 0 Å². The summed E-state index contributed by atoms with van der Waals surface area (Å²) in [4.78, 5) is 5.05. The number of nitrogens with zero attached hydrogens (tertiary/aromatic N) is 2. The van der Waals surface area contributed by atoms with Gasteiger partial charge in [0, 0.05) is 24.2 Å². The summed E-state index contributed by atoms with van der Waals surface area (Å²) in [7, 11) is 1.99. The predicted octanol–water partition coefficient (Wildman–Crippen LogP) is 4.74. The van der Waals surface area contributed by atoms with Gasteiger partial charge in [-0.1, -0.05) is 74.0 Å². The molecule has 3 heteroatoms. The molecule has 24 heavy (non-hydrogen) atoms. The molecule has 0 atom stereocenters. The lowest BCUT2D eigenvalue weighted by Gasteiger charge is -2.12. The Labute approximate surface area is 144 Å². The Hall–Kier alpha value is -2.39. The smallest absolute Gasteiger partial charge is 0.140 e. The molecule has 3 nitrogen and oxygen atoms in total. The molecule has 0 radical (unpaired) electrons. The highest BCUT2D eigenvalue weighted by molar-refractivity contribution is 5.68. The average Bonchev–Trinajstić information content (AvgIpc) is 3.00. The van der Waals surface area contributed by atoms with E-state index in [1.165, 1.54) is 23.2 Å². The minimum Gasteiger partial charge on any atom is -0.326 e. The monoisotopic (exact) mass is 319 g/mol. The summed E-state index contributed by atoms with van der Waals surface area (Å²) in [5, 5.41) is 3.31. The van der Waals surface area contributed by atoms with Crippen molar-refractivity contribution < 1.29 is 0 Å². The molecule has 2 aromatic carbocycles. The van der Waals surface area contributed by atoms with Crippen molar-refractivity contribution in [2.75, 3.05) is 7.05 Å². The van der Waals surface area contributed by atoms with Crippen molar-refractivity contribution in [3.8, 4) is 22.6 Å². The molecule has 0 aliphatic heterocycles. The Kier molecular flexibility index (Phi) is 5.44. The second-order valence-electron chi connectivity index (χ2n) is 6.00. The molecule has 0 spiro atoms. The Morgan fingerprint density at radius 1 is 0.917 bits per heavy atom. The number of hydrogen-bond donors (Lipinski definition) is 1. The van der Waals surface area contributed by atoms with Gasteiger partial charge in [-0.25, -0.2) is 4.98 Å². The average molecular weight is 319 g/mol. The van der Waals surface area contributed by atoms with Crippen molar-refractivity contribution in [2.24, 2.45) is 0 Å². The molecule has 1 heterocycles. The predicted molar refractivity (Wildman–Crippen MR) is 101 cm³/mol. The zero-order chi connectivity index (χ0) is 16.8. The number of nitrogens with one attached hydrogen (secondary N) is 1. The van der Waals surface area contributed by atoms with Crippen LogP contribution in [0.2, 0.25) is 0 Å². The van der Waals surface area contributed by atoms with E-state index >= 15 is 0 Å². The first-order valence-electron chi connectivity index (χ1n) is 8.70. The highest BCUT2D eigenvalue weighted by Crippen LogP contribution is 2.29. The van der Waals surface area contributed by atoms with E-state index < -0.39 is 0 Å². The van der Waals surface area contributed by atoms with E-state index in [1.54, 1.807) is 0 Å². The maximum absolute atomic E-state index is 5.05. The van der Waals surface area contributed by atoms with Crippen molar-refractivity contribution >= 4 is 0 Å². The molecule has 0 aliphatic rings. The number of aromatic nitrogens is 2. The van der Waals surface area contributed by atoms with Gasteiger partial charge in [-0.15, -0.1) is 0 Å². The molecule has 0 aliphatic carbocycles. The van der Waals surface area contributed by atoms with Gasteiger partial charge in [-0.3, -0.25) is 0 Å². The van der Waals surface area contributed by atoms with Gasteiger partial charge in [0.15, 0.2) is 0 Å².